The molecule has 0 unspecified atom stereocenters. The molecule has 1 heterocycles. The number of aryl methyl sites for hydroxylation is 1. The largest absolute Gasteiger partial charge is 0.493 e. The summed E-state index contributed by atoms with van der Waals surface area (Å²) in [5, 5.41) is 3.13. The Hall–Kier alpha value is -3.39. The maximum absolute atomic E-state index is 12.4. The van der Waals surface area contributed by atoms with E-state index in [1.54, 1.807) is 14.2 Å². The molecule has 2 aromatic carbocycles. The van der Waals surface area contributed by atoms with Crippen molar-refractivity contribution in [1.82, 2.24) is 4.98 Å². The summed E-state index contributed by atoms with van der Waals surface area (Å²) in [5.41, 5.74) is 1.97. The summed E-state index contributed by atoms with van der Waals surface area (Å²) in [6.07, 6.45) is 0.774. The fraction of sp³-hybridized carbons (Fsp3) is 0.227. The van der Waals surface area contributed by atoms with Gasteiger partial charge in [0.2, 0.25) is 5.91 Å². The Morgan fingerprint density at radius 3 is 2.40 bits per heavy atom. The van der Waals surface area contributed by atoms with Crippen LogP contribution in [-0.2, 0) is 16.0 Å². The van der Waals surface area contributed by atoms with E-state index >= 15 is 0 Å². The normalized spacial score (nSPS) is 10.4. The van der Waals surface area contributed by atoms with Gasteiger partial charge in [-0.05, 0) is 29.7 Å². The number of aromatic nitrogens is 1. The van der Waals surface area contributed by atoms with Gasteiger partial charge in [-0.15, -0.1) is 0 Å². The van der Waals surface area contributed by atoms with Gasteiger partial charge < -0.3 is 19.5 Å². The van der Waals surface area contributed by atoms with E-state index in [-0.39, 0.29) is 18.0 Å². The van der Waals surface area contributed by atoms with Crippen LogP contribution in [0.4, 0.5) is 5.13 Å². The second kappa shape index (κ2) is 9.89. The molecule has 0 aliphatic rings. The van der Waals surface area contributed by atoms with Crippen molar-refractivity contribution in [1.29, 1.82) is 0 Å². The molecule has 1 aromatic heterocycles. The van der Waals surface area contributed by atoms with Crippen LogP contribution in [0.1, 0.15) is 22.5 Å². The van der Waals surface area contributed by atoms with Crippen LogP contribution in [0, 0.1) is 0 Å². The molecular weight excluding hydrogens is 404 g/mol. The zero-order chi connectivity index (χ0) is 21.5. The molecule has 0 atom stereocenters. The third-order valence-electron chi connectivity index (χ3n) is 4.38. The lowest BCUT2D eigenvalue weighted by Crippen LogP contribution is -2.12. The Kier molecular flexibility index (Phi) is 7.03. The summed E-state index contributed by atoms with van der Waals surface area (Å²) in [6.45, 7) is 0. The lowest BCUT2D eigenvalue weighted by atomic mass is 10.1. The van der Waals surface area contributed by atoms with E-state index in [9.17, 15) is 9.59 Å². The lowest BCUT2D eigenvalue weighted by Gasteiger charge is -2.09. The SMILES string of the molecule is COC(=O)c1nc(NC(=O)CCc2ccc(OC)c(OC)c2)sc1-c1ccccc1. The van der Waals surface area contributed by atoms with Crippen molar-refractivity contribution in [2.45, 2.75) is 12.8 Å². The van der Waals surface area contributed by atoms with Gasteiger partial charge in [-0.3, -0.25) is 4.79 Å². The van der Waals surface area contributed by atoms with Gasteiger partial charge in [0.15, 0.2) is 22.3 Å². The fourth-order valence-electron chi connectivity index (χ4n) is 2.87. The first kappa shape index (κ1) is 21.3. The van der Waals surface area contributed by atoms with Crippen LogP contribution >= 0.6 is 11.3 Å². The van der Waals surface area contributed by atoms with Crippen LogP contribution in [0.2, 0.25) is 0 Å². The minimum Gasteiger partial charge on any atom is -0.493 e. The zero-order valence-electron chi connectivity index (χ0n) is 16.9. The van der Waals surface area contributed by atoms with Gasteiger partial charge >= 0.3 is 5.97 Å². The number of carbonyl (C=O) groups is 2. The van der Waals surface area contributed by atoms with Crippen molar-refractivity contribution in [2.75, 3.05) is 26.6 Å². The molecule has 7 nitrogen and oxygen atoms in total. The van der Waals surface area contributed by atoms with E-state index < -0.39 is 5.97 Å². The molecule has 1 N–H and O–H groups in total. The standard InChI is InChI=1S/C22H22N2O5S/c1-27-16-11-9-14(13-17(16)28-2)10-12-18(25)23-22-24-19(21(26)29-3)20(30-22)15-7-5-4-6-8-15/h4-9,11,13H,10,12H2,1-3H3,(H,23,24,25). The van der Waals surface area contributed by atoms with E-state index in [0.717, 1.165) is 11.1 Å². The summed E-state index contributed by atoms with van der Waals surface area (Å²) in [7, 11) is 4.45. The van der Waals surface area contributed by atoms with Gasteiger partial charge in [-0.2, -0.15) is 0 Å². The molecule has 3 aromatic rings. The van der Waals surface area contributed by atoms with E-state index in [1.807, 2.05) is 48.5 Å². The van der Waals surface area contributed by atoms with Crippen LogP contribution in [-0.4, -0.2) is 38.2 Å². The second-order valence-corrected chi connectivity index (χ2v) is 7.29. The average molecular weight is 426 g/mol. The Morgan fingerprint density at radius 1 is 1.00 bits per heavy atom. The Bertz CT molecular complexity index is 1030. The molecule has 3 rings (SSSR count). The van der Waals surface area contributed by atoms with Crippen LogP contribution in [0.3, 0.4) is 0 Å². The topological polar surface area (TPSA) is 86.8 Å². The summed E-state index contributed by atoms with van der Waals surface area (Å²) in [5.74, 6) is 0.508. The molecule has 0 saturated heterocycles. The minimum atomic E-state index is -0.545. The fourth-order valence-corrected chi connectivity index (χ4v) is 3.84. The van der Waals surface area contributed by atoms with Crippen molar-refractivity contribution < 1.29 is 23.8 Å². The number of carbonyl (C=O) groups excluding carboxylic acids is 2. The maximum atomic E-state index is 12.4. The van der Waals surface area contributed by atoms with Crippen LogP contribution in [0.5, 0.6) is 11.5 Å². The molecule has 1 amide bonds. The van der Waals surface area contributed by atoms with Gasteiger partial charge in [0, 0.05) is 6.42 Å². The molecule has 0 radical (unpaired) electrons. The van der Waals surface area contributed by atoms with Crippen molar-refractivity contribution in [3.05, 3.63) is 59.8 Å². The average Bonchev–Trinajstić information content (AvgIpc) is 3.21. The highest BCUT2D eigenvalue weighted by molar-refractivity contribution is 7.19. The van der Waals surface area contributed by atoms with Gasteiger partial charge in [0.05, 0.1) is 26.2 Å². The molecule has 0 fully saturated rings. The van der Waals surface area contributed by atoms with Gasteiger partial charge in [-0.25, -0.2) is 9.78 Å². The first-order valence-corrected chi connectivity index (χ1v) is 10.0. The summed E-state index contributed by atoms with van der Waals surface area (Å²) in [6, 6.07) is 14.9. The van der Waals surface area contributed by atoms with Crippen LogP contribution < -0.4 is 14.8 Å². The van der Waals surface area contributed by atoms with Crippen molar-refractivity contribution in [3.8, 4) is 21.9 Å². The number of nitrogens with one attached hydrogen (secondary N) is 1. The molecule has 156 valence electrons. The molecule has 0 saturated carbocycles. The molecule has 8 heteroatoms. The number of amides is 1. The molecule has 0 bridgehead atoms. The monoisotopic (exact) mass is 426 g/mol. The van der Waals surface area contributed by atoms with E-state index in [4.69, 9.17) is 14.2 Å². The Balaban J connectivity index is 1.71. The number of benzene rings is 2. The van der Waals surface area contributed by atoms with E-state index in [1.165, 1.54) is 18.4 Å². The highest BCUT2D eigenvalue weighted by Gasteiger charge is 2.21. The van der Waals surface area contributed by atoms with Crippen molar-refractivity contribution in [3.63, 3.8) is 0 Å². The van der Waals surface area contributed by atoms with E-state index in [2.05, 4.69) is 10.3 Å². The molecular formula is C22H22N2O5S. The van der Waals surface area contributed by atoms with Crippen molar-refractivity contribution >= 4 is 28.3 Å². The van der Waals surface area contributed by atoms with Crippen LogP contribution in [0.15, 0.2) is 48.5 Å². The Labute approximate surface area is 178 Å². The predicted molar refractivity (Wildman–Crippen MR) is 115 cm³/mol. The van der Waals surface area contributed by atoms with E-state index in [0.29, 0.717) is 27.9 Å². The third kappa shape index (κ3) is 4.96. The van der Waals surface area contributed by atoms with Crippen LogP contribution in [0.25, 0.3) is 10.4 Å². The lowest BCUT2D eigenvalue weighted by molar-refractivity contribution is -0.116. The highest BCUT2D eigenvalue weighted by Crippen LogP contribution is 2.33. The van der Waals surface area contributed by atoms with Crippen molar-refractivity contribution in [2.24, 2.45) is 0 Å². The van der Waals surface area contributed by atoms with Gasteiger partial charge in [-0.1, -0.05) is 47.7 Å². The Morgan fingerprint density at radius 2 is 1.73 bits per heavy atom. The first-order valence-electron chi connectivity index (χ1n) is 9.21. The number of thiazole rings is 1. The number of methoxy groups -OCH3 is 3. The smallest absolute Gasteiger partial charge is 0.358 e. The second-order valence-electron chi connectivity index (χ2n) is 6.29. The molecule has 30 heavy (non-hydrogen) atoms. The van der Waals surface area contributed by atoms with Gasteiger partial charge in [0.1, 0.15) is 0 Å². The molecule has 0 aliphatic heterocycles. The molecule has 0 aliphatic carbocycles. The highest BCUT2D eigenvalue weighted by atomic mass is 32.1. The number of hydrogen-bond donors (Lipinski definition) is 1. The first-order chi connectivity index (χ1) is 14.5. The maximum Gasteiger partial charge on any atom is 0.358 e. The summed E-state index contributed by atoms with van der Waals surface area (Å²) < 4.78 is 15.4. The quantitative estimate of drug-likeness (QED) is 0.544. The van der Waals surface area contributed by atoms with Gasteiger partial charge in [0.25, 0.3) is 0 Å². The molecule has 0 spiro atoms. The number of ether oxygens (including phenoxy) is 3. The minimum absolute atomic E-state index is 0.184. The predicted octanol–water partition coefficient (Wildman–Crippen LogP) is 4.19. The number of anilines is 1. The summed E-state index contributed by atoms with van der Waals surface area (Å²) in [4.78, 5) is 29.5. The zero-order valence-corrected chi connectivity index (χ0v) is 17.7. The number of rotatable bonds is 8. The third-order valence-corrected chi connectivity index (χ3v) is 5.40. The number of hydrogen-bond acceptors (Lipinski definition) is 7. The summed E-state index contributed by atoms with van der Waals surface area (Å²) >= 11 is 1.24. The number of nitrogens with zero attached hydrogens (tertiary/aromatic N) is 1. The number of esters is 1.